The Hall–Kier alpha value is -1.70. The van der Waals surface area contributed by atoms with E-state index in [1.165, 1.54) is 4.90 Å². The van der Waals surface area contributed by atoms with Crippen LogP contribution < -0.4 is 0 Å². The van der Waals surface area contributed by atoms with Gasteiger partial charge >= 0.3 is 0 Å². The molecule has 4 nitrogen and oxygen atoms in total. The van der Waals surface area contributed by atoms with Gasteiger partial charge in [-0.1, -0.05) is 63.7 Å². The van der Waals surface area contributed by atoms with Crippen LogP contribution >= 0.6 is 39.0 Å². The summed E-state index contributed by atoms with van der Waals surface area (Å²) in [6.45, 7) is 0. The molecule has 2 aromatic heterocycles. The predicted octanol–water partition coefficient (Wildman–Crippen LogP) is 4.91. The second-order valence-corrected chi connectivity index (χ2v) is 7.66. The van der Waals surface area contributed by atoms with E-state index < -0.39 is 0 Å². The average Bonchev–Trinajstić information content (AvgIpc) is 3.15. The van der Waals surface area contributed by atoms with Crippen LogP contribution in [0.1, 0.15) is 5.82 Å². The molecule has 0 atom stereocenters. The highest BCUT2D eigenvalue weighted by atomic mass is 79.9. The van der Waals surface area contributed by atoms with Gasteiger partial charge in [-0.3, -0.25) is 0 Å². The Morgan fingerprint density at radius 3 is 2.61 bits per heavy atom. The summed E-state index contributed by atoms with van der Waals surface area (Å²) < 4.78 is 2.88. The molecule has 0 bridgehead atoms. The number of aromatic nitrogens is 4. The molecule has 0 fully saturated rings. The van der Waals surface area contributed by atoms with Crippen LogP contribution in [-0.2, 0) is 5.75 Å². The first-order valence-corrected chi connectivity index (χ1v) is 9.54. The summed E-state index contributed by atoms with van der Waals surface area (Å²) in [4.78, 5) is 2.03. The highest BCUT2D eigenvalue weighted by Gasteiger charge is 2.14. The molecule has 0 aliphatic heterocycles. The largest absolute Gasteiger partial charge is 0.235 e. The number of benzene rings is 2. The Bertz CT molecular complexity index is 949. The van der Waals surface area contributed by atoms with Crippen molar-refractivity contribution >= 4 is 44.0 Å². The predicted molar refractivity (Wildman–Crippen MR) is 97.8 cm³/mol. The zero-order valence-corrected chi connectivity index (χ0v) is 15.1. The van der Waals surface area contributed by atoms with Crippen LogP contribution in [0.25, 0.3) is 15.5 Å². The zero-order chi connectivity index (χ0) is 15.6. The van der Waals surface area contributed by atoms with Crippen molar-refractivity contribution in [3.05, 3.63) is 64.9 Å². The normalized spacial score (nSPS) is 11.2. The van der Waals surface area contributed by atoms with Crippen LogP contribution in [0.2, 0.25) is 0 Å². The first kappa shape index (κ1) is 14.9. The van der Waals surface area contributed by atoms with Gasteiger partial charge in [0.15, 0.2) is 5.82 Å². The van der Waals surface area contributed by atoms with Crippen molar-refractivity contribution in [1.29, 1.82) is 0 Å². The minimum Gasteiger partial charge on any atom is -0.186 e. The summed E-state index contributed by atoms with van der Waals surface area (Å²) in [6, 6.07) is 18.4. The van der Waals surface area contributed by atoms with E-state index in [1.54, 1.807) is 23.1 Å². The molecule has 0 N–H and O–H groups in total. The van der Waals surface area contributed by atoms with Gasteiger partial charge in [-0.2, -0.15) is 9.61 Å². The molecule has 0 aliphatic rings. The Balaban J connectivity index is 1.63. The summed E-state index contributed by atoms with van der Waals surface area (Å²) in [5, 5.41) is 14.1. The van der Waals surface area contributed by atoms with E-state index in [0.29, 0.717) is 0 Å². The van der Waals surface area contributed by atoms with Gasteiger partial charge < -0.3 is 0 Å². The minimum atomic E-state index is 0.740. The molecule has 0 unspecified atom stereocenters. The summed E-state index contributed by atoms with van der Waals surface area (Å²) in [6.07, 6.45) is 0. The topological polar surface area (TPSA) is 43.1 Å². The van der Waals surface area contributed by atoms with Gasteiger partial charge in [0.25, 0.3) is 0 Å². The lowest BCUT2D eigenvalue weighted by molar-refractivity contribution is 0.887. The fourth-order valence-corrected chi connectivity index (χ4v) is 4.48. The van der Waals surface area contributed by atoms with E-state index >= 15 is 0 Å². The maximum absolute atomic E-state index is 4.68. The smallest absolute Gasteiger partial charge is 0.186 e. The lowest BCUT2D eigenvalue weighted by Crippen LogP contribution is -1.94. The minimum absolute atomic E-state index is 0.740. The fourth-order valence-electron chi connectivity index (χ4n) is 2.16. The lowest BCUT2D eigenvalue weighted by atomic mass is 10.2. The van der Waals surface area contributed by atoms with E-state index in [-0.39, 0.29) is 0 Å². The van der Waals surface area contributed by atoms with Crippen molar-refractivity contribution in [2.45, 2.75) is 10.6 Å². The van der Waals surface area contributed by atoms with E-state index in [2.05, 4.69) is 43.4 Å². The molecule has 0 saturated heterocycles. The van der Waals surface area contributed by atoms with Crippen LogP contribution in [0.5, 0.6) is 0 Å². The average molecular weight is 403 g/mol. The Morgan fingerprint density at radius 1 is 1.00 bits per heavy atom. The molecule has 114 valence electrons. The Labute approximate surface area is 149 Å². The number of fused-ring (bicyclic) bond motifs is 1. The van der Waals surface area contributed by atoms with Gasteiger partial charge in [0.2, 0.25) is 4.96 Å². The number of hydrogen-bond donors (Lipinski definition) is 0. The molecule has 0 saturated carbocycles. The molecular formula is C16H11BrN4S2. The number of nitrogens with zero attached hydrogens (tertiary/aromatic N) is 4. The molecular weight excluding hydrogens is 392 g/mol. The van der Waals surface area contributed by atoms with E-state index in [4.69, 9.17) is 0 Å². The fraction of sp³-hybridized carbons (Fsp3) is 0.0625. The number of thioether (sulfide) groups is 1. The Kier molecular flexibility index (Phi) is 4.15. The van der Waals surface area contributed by atoms with E-state index in [0.717, 1.165) is 31.6 Å². The van der Waals surface area contributed by atoms with E-state index in [1.807, 2.05) is 47.0 Å². The Morgan fingerprint density at radius 2 is 1.78 bits per heavy atom. The first-order chi connectivity index (χ1) is 11.3. The third-order valence-electron chi connectivity index (χ3n) is 3.27. The highest BCUT2D eigenvalue weighted by molar-refractivity contribution is 9.10. The summed E-state index contributed by atoms with van der Waals surface area (Å²) in [5.41, 5.74) is 1.07. The monoisotopic (exact) mass is 402 g/mol. The molecule has 4 aromatic rings. The van der Waals surface area contributed by atoms with Crippen LogP contribution in [-0.4, -0.2) is 19.8 Å². The first-order valence-electron chi connectivity index (χ1n) is 6.95. The van der Waals surface area contributed by atoms with Crippen molar-refractivity contribution in [2.75, 3.05) is 0 Å². The third-order valence-corrected chi connectivity index (χ3v) is 5.90. The van der Waals surface area contributed by atoms with Gasteiger partial charge in [0.1, 0.15) is 5.01 Å². The van der Waals surface area contributed by atoms with Crippen molar-refractivity contribution in [3.63, 3.8) is 0 Å². The number of halogens is 1. The molecule has 4 rings (SSSR count). The number of rotatable bonds is 4. The second kappa shape index (κ2) is 6.43. The van der Waals surface area contributed by atoms with Crippen LogP contribution in [0.3, 0.4) is 0 Å². The van der Waals surface area contributed by atoms with Crippen LogP contribution in [0, 0.1) is 0 Å². The number of hydrogen-bond acceptors (Lipinski definition) is 5. The van der Waals surface area contributed by atoms with Crippen molar-refractivity contribution in [2.24, 2.45) is 0 Å². The van der Waals surface area contributed by atoms with Crippen molar-refractivity contribution in [3.8, 4) is 10.6 Å². The molecule has 7 heteroatoms. The van der Waals surface area contributed by atoms with Crippen molar-refractivity contribution in [1.82, 2.24) is 19.8 Å². The third kappa shape index (κ3) is 3.04. The standard InChI is InChI=1S/C16H11BrN4S2/c17-13-9-5-4-8-12(13)15-20-21-14(18-19-16(21)23-15)10-22-11-6-2-1-3-7-11/h1-9H,10H2. The SMILES string of the molecule is Brc1ccccc1-c1nn2c(CSc3ccccc3)nnc2s1. The molecule has 0 spiro atoms. The highest BCUT2D eigenvalue weighted by Crippen LogP contribution is 2.32. The molecule has 0 amide bonds. The van der Waals surface area contributed by atoms with Gasteiger partial charge in [-0.25, -0.2) is 0 Å². The molecule has 0 aliphatic carbocycles. The summed E-state index contributed by atoms with van der Waals surface area (Å²) in [5.74, 6) is 1.60. The lowest BCUT2D eigenvalue weighted by Gasteiger charge is -1.99. The van der Waals surface area contributed by atoms with Gasteiger partial charge in [0.05, 0.1) is 5.75 Å². The van der Waals surface area contributed by atoms with Crippen LogP contribution in [0.4, 0.5) is 0 Å². The zero-order valence-electron chi connectivity index (χ0n) is 11.9. The second-order valence-electron chi connectivity index (χ2n) is 4.80. The van der Waals surface area contributed by atoms with Gasteiger partial charge in [-0.15, -0.1) is 22.0 Å². The molecule has 23 heavy (non-hydrogen) atoms. The molecule has 0 radical (unpaired) electrons. The maximum Gasteiger partial charge on any atom is 0.235 e. The van der Waals surface area contributed by atoms with Gasteiger partial charge in [-0.05, 0) is 18.2 Å². The quantitative estimate of drug-likeness (QED) is 0.455. The van der Waals surface area contributed by atoms with E-state index in [9.17, 15) is 0 Å². The summed E-state index contributed by atoms with van der Waals surface area (Å²) >= 11 is 6.85. The maximum atomic E-state index is 4.68. The van der Waals surface area contributed by atoms with Crippen LogP contribution in [0.15, 0.2) is 64.0 Å². The molecule has 2 aromatic carbocycles. The van der Waals surface area contributed by atoms with Crippen molar-refractivity contribution < 1.29 is 0 Å². The molecule has 2 heterocycles. The van der Waals surface area contributed by atoms with Gasteiger partial charge in [0, 0.05) is 14.9 Å². The summed E-state index contributed by atoms with van der Waals surface area (Å²) in [7, 11) is 0.